The fraction of sp³-hybridized carbons (Fsp3) is 0.214. The molecule has 7 nitrogen and oxygen atoms in total. The van der Waals surface area contributed by atoms with Crippen LogP contribution in [0.15, 0.2) is 36.7 Å². The van der Waals surface area contributed by atoms with Crippen molar-refractivity contribution in [3.8, 4) is 5.75 Å². The molecule has 2 amide bonds. The number of carbonyl (C=O) groups is 2. The first-order valence-corrected chi connectivity index (χ1v) is 6.48. The van der Waals surface area contributed by atoms with E-state index in [4.69, 9.17) is 4.74 Å². The average Bonchev–Trinajstić information content (AvgIpc) is 2.92. The number of likely N-dealkylation sites (N-methyl/N-ethyl adjacent to an activating group) is 1. The number of nitrogens with zero attached hydrogens (tertiary/aromatic N) is 2. The van der Waals surface area contributed by atoms with Gasteiger partial charge in [-0.1, -0.05) is 6.07 Å². The topological polar surface area (TPSA) is 85.2 Å². The summed E-state index contributed by atoms with van der Waals surface area (Å²) in [5.74, 6) is -0.780. The average molecular weight is 306 g/mol. The highest BCUT2D eigenvalue weighted by atomic mass is 19.1. The van der Waals surface area contributed by atoms with E-state index >= 15 is 0 Å². The molecule has 0 unspecified atom stereocenters. The number of halogens is 1. The van der Waals surface area contributed by atoms with Crippen LogP contribution in [-0.4, -0.2) is 35.2 Å². The molecule has 0 radical (unpaired) electrons. The standard InChI is InChI=1S/C14H15FN4O3/c1-16-13(20)8-19-7-11(6-17-19)18-14(21)9-22-12-4-2-3-10(15)5-12/h2-7H,8-9H2,1H3,(H,16,20)(H,18,21). The normalized spacial score (nSPS) is 10.1. The molecule has 0 saturated carbocycles. The summed E-state index contributed by atoms with van der Waals surface area (Å²) in [6.45, 7) is -0.198. The highest BCUT2D eigenvalue weighted by Gasteiger charge is 2.07. The Morgan fingerprint density at radius 2 is 2.18 bits per heavy atom. The molecule has 0 spiro atoms. The van der Waals surface area contributed by atoms with Gasteiger partial charge in [0.15, 0.2) is 6.61 Å². The minimum atomic E-state index is -0.437. The molecule has 0 aliphatic rings. The van der Waals surface area contributed by atoms with E-state index in [0.29, 0.717) is 5.69 Å². The molecule has 1 aromatic heterocycles. The van der Waals surface area contributed by atoms with E-state index < -0.39 is 11.7 Å². The summed E-state index contributed by atoms with van der Waals surface area (Å²) in [4.78, 5) is 22.9. The molecule has 2 aromatic rings. The minimum Gasteiger partial charge on any atom is -0.484 e. The Labute approximate surface area is 126 Å². The van der Waals surface area contributed by atoms with Gasteiger partial charge in [-0.05, 0) is 12.1 Å². The number of rotatable bonds is 6. The van der Waals surface area contributed by atoms with Crippen molar-refractivity contribution in [1.82, 2.24) is 15.1 Å². The zero-order valence-electron chi connectivity index (χ0n) is 11.9. The van der Waals surface area contributed by atoms with E-state index in [9.17, 15) is 14.0 Å². The van der Waals surface area contributed by atoms with Crippen molar-refractivity contribution in [2.24, 2.45) is 0 Å². The van der Waals surface area contributed by atoms with Crippen LogP contribution in [0.2, 0.25) is 0 Å². The second kappa shape index (κ2) is 7.21. The number of ether oxygens (including phenoxy) is 1. The van der Waals surface area contributed by atoms with Crippen molar-refractivity contribution in [2.75, 3.05) is 19.0 Å². The number of nitrogens with one attached hydrogen (secondary N) is 2. The highest BCUT2D eigenvalue weighted by molar-refractivity contribution is 5.91. The lowest BCUT2D eigenvalue weighted by molar-refractivity contribution is -0.121. The van der Waals surface area contributed by atoms with Crippen molar-refractivity contribution in [3.63, 3.8) is 0 Å². The third kappa shape index (κ3) is 4.58. The Kier molecular flexibility index (Phi) is 5.07. The second-order valence-corrected chi connectivity index (χ2v) is 4.39. The van der Waals surface area contributed by atoms with Crippen LogP contribution in [-0.2, 0) is 16.1 Å². The van der Waals surface area contributed by atoms with Crippen molar-refractivity contribution in [2.45, 2.75) is 6.54 Å². The van der Waals surface area contributed by atoms with Gasteiger partial charge in [-0.25, -0.2) is 4.39 Å². The molecule has 22 heavy (non-hydrogen) atoms. The molecule has 1 aromatic carbocycles. The van der Waals surface area contributed by atoms with Gasteiger partial charge in [0.2, 0.25) is 5.91 Å². The van der Waals surface area contributed by atoms with Gasteiger partial charge >= 0.3 is 0 Å². The molecular weight excluding hydrogens is 291 g/mol. The molecule has 2 rings (SSSR count). The quantitative estimate of drug-likeness (QED) is 0.826. The first-order valence-electron chi connectivity index (χ1n) is 6.48. The van der Waals surface area contributed by atoms with Gasteiger partial charge in [0.05, 0.1) is 11.9 Å². The Morgan fingerprint density at radius 1 is 1.36 bits per heavy atom. The van der Waals surface area contributed by atoms with Gasteiger partial charge in [-0.2, -0.15) is 5.10 Å². The van der Waals surface area contributed by atoms with E-state index in [1.165, 1.54) is 42.3 Å². The third-order valence-corrected chi connectivity index (χ3v) is 2.67. The van der Waals surface area contributed by atoms with Crippen molar-refractivity contribution >= 4 is 17.5 Å². The summed E-state index contributed by atoms with van der Waals surface area (Å²) in [5, 5.41) is 8.97. The summed E-state index contributed by atoms with van der Waals surface area (Å²) in [7, 11) is 1.53. The fourth-order valence-electron chi connectivity index (χ4n) is 1.64. The zero-order chi connectivity index (χ0) is 15.9. The molecule has 2 N–H and O–H groups in total. The molecule has 0 aliphatic carbocycles. The van der Waals surface area contributed by atoms with Crippen LogP contribution >= 0.6 is 0 Å². The number of aromatic nitrogens is 2. The molecule has 1 heterocycles. The van der Waals surface area contributed by atoms with Gasteiger partial charge in [0, 0.05) is 19.3 Å². The Bertz CT molecular complexity index is 672. The maximum atomic E-state index is 13.0. The summed E-state index contributed by atoms with van der Waals surface area (Å²) in [6, 6.07) is 5.52. The highest BCUT2D eigenvalue weighted by Crippen LogP contribution is 2.12. The van der Waals surface area contributed by atoms with E-state index in [0.717, 1.165) is 0 Å². The molecule has 0 bridgehead atoms. The lowest BCUT2D eigenvalue weighted by Gasteiger charge is -2.06. The molecule has 0 aliphatic heterocycles. The van der Waals surface area contributed by atoms with E-state index in [1.807, 2.05) is 0 Å². The van der Waals surface area contributed by atoms with Crippen molar-refractivity contribution < 1.29 is 18.7 Å². The number of amides is 2. The Morgan fingerprint density at radius 3 is 2.91 bits per heavy atom. The fourth-order valence-corrected chi connectivity index (χ4v) is 1.64. The van der Waals surface area contributed by atoms with Crippen molar-refractivity contribution in [3.05, 3.63) is 42.5 Å². The molecule has 0 fully saturated rings. The van der Waals surface area contributed by atoms with E-state index in [1.54, 1.807) is 6.07 Å². The first-order chi connectivity index (χ1) is 10.6. The number of hydrogen-bond acceptors (Lipinski definition) is 4. The second-order valence-electron chi connectivity index (χ2n) is 4.39. The third-order valence-electron chi connectivity index (χ3n) is 2.67. The van der Waals surface area contributed by atoms with Crippen LogP contribution in [0.5, 0.6) is 5.75 Å². The molecule has 8 heteroatoms. The van der Waals surface area contributed by atoms with E-state index in [-0.39, 0.29) is 24.8 Å². The van der Waals surface area contributed by atoms with Crippen LogP contribution in [0, 0.1) is 5.82 Å². The van der Waals surface area contributed by atoms with Crippen LogP contribution in [0.4, 0.5) is 10.1 Å². The maximum absolute atomic E-state index is 13.0. The van der Waals surface area contributed by atoms with Gasteiger partial charge in [0.25, 0.3) is 5.91 Å². The lowest BCUT2D eigenvalue weighted by Crippen LogP contribution is -2.23. The number of hydrogen-bond donors (Lipinski definition) is 2. The summed E-state index contributed by atoms with van der Waals surface area (Å²) in [6.07, 6.45) is 2.94. The first kappa shape index (κ1) is 15.5. The number of benzene rings is 1. The molecule has 0 saturated heterocycles. The van der Waals surface area contributed by atoms with Gasteiger partial charge in [-0.15, -0.1) is 0 Å². The van der Waals surface area contributed by atoms with Crippen LogP contribution in [0.1, 0.15) is 0 Å². The van der Waals surface area contributed by atoms with E-state index in [2.05, 4.69) is 15.7 Å². The van der Waals surface area contributed by atoms with Gasteiger partial charge in [-0.3, -0.25) is 14.3 Å². The summed E-state index contributed by atoms with van der Waals surface area (Å²) >= 11 is 0. The Hall–Kier alpha value is -2.90. The van der Waals surface area contributed by atoms with Crippen LogP contribution < -0.4 is 15.4 Å². The molecular formula is C14H15FN4O3. The number of carbonyl (C=O) groups excluding carboxylic acids is 2. The van der Waals surface area contributed by atoms with Crippen LogP contribution in [0.3, 0.4) is 0 Å². The predicted molar refractivity (Wildman–Crippen MR) is 76.8 cm³/mol. The maximum Gasteiger partial charge on any atom is 0.262 e. The van der Waals surface area contributed by atoms with Crippen molar-refractivity contribution in [1.29, 1.82) is 0 Å². The van der Waals surface area contributed by atoms with Crippen LogP contribution in [0.25, 0.3) is 0 Å². The summed E-state index contributed by atoms with van der Waals surface area (Å²) < 4.78 is 19.5. The predicted octanol–water partition coefficient (Wildman–Crippen LogP) is 0.786. The van der Waals surface area contributed by atoms with Gasteiger partial charge in [0.1, 0.15) is 18.1 Å². The summed E-state index contributed by atoms with van der Waals surface area (Å²) in [5.41, 5.74) is 0.441. The SMILES string of the molecule is CNC(=O)Cn1cc(NC(=O)COc2cccc(F)c2)cn1. The van der Waals surface area contributed by atoms with Gasteiger partial charge < -0.3 is 15.4 Å². The smallest absolute Gasteiger partial charge is 0.262 e. The lowest BCUT2D eigenvalue weighted by atomic mass is 10.3. The minimum absolute atomic E-state index is 0.0617. The monoisotopic (exact) mass is 306 g/mol. The zero-order valence-corrected chi connectivity index (χ0v) is 11.9. The molecule has 0 atom stereocenters. The Balaban J connectivity index is 1.83. The number of anilines is 1. The molecule has 116 valence electrons. The largest absolute Gasteiger partial charge is 0.484 e.